The second-order valence-electron chi connectivity index (χ2n) is 7.71. The van der Waals surface area contributed by atoms with Gasteiger partial charge in [-0.05, 0) is 55.5 Å². The first-order chi connectivity index (χ1) is 16.5. The van der Waals surface area contributed by atoms with E-state index in [4.69, 9.17) is 4.74 Å². The van der Waals surface area contributed by atoms with Crippen molar-refractivity contribution in [3.63, 3.8) is 0 Å². The van der Waals surface area contributed by atoms with E-state index in [2.05, 4.69) is 20.6 Å². The Labute approximate surface area is 202 Å². The van der Waals surface area contributed by atoms with Crippen molar-refractivity contribution in [1.29, 1.82) is 0 Å². The molecule has 0 radical (unpaired) electrons. The number of thioether (sulfide) groups is 1. The number of amides is 1. The minimum absolute atomic E-state index is 0.0242. The Bertz CT molecular complexity index is 1270. The van der Waals surface area contributed by atoms with Gasteiger partial charge in [-0.25, -0.2) is 4.68 Å². The number of aromatic nitrogens is 6. The zero-order valence-corrected chi connectivity index (χ0v) is 20.5. The number of nitrogens with zero attached hydrogens (tertiary/aromatic N) is 7. The average Bonchev–Trinajstić information content (AvgIpc) is 3.43. The van der Waals surface area contributed by atoms with Gasteiger partial charge in [0.05, 0.1) is 23.7 Å². The Hall–Kier alpha value is -3.66. The van der Waals surface area contributed by atoms with Crippen molar-refractivity contribution in [2.24, 2.45) is 0 Å². The molecule has 0 saturated carbocycles. The topological polar surface area (TPSA) is 91.0 Å². The van der Waals surface area contributed by atoms with Crippen molar-refractivity contribution in [2.45, 2.75) is 32.5 Å². The number of para-hydroxylation sites is 3. The van der Waals surface area contributed by atoms with Crippen LogP contribution in [0.3, 0.4) is 0 Å². The maximum Gasteiger partial charge on any atom is 0.233 e. The summed E-state index contributed by atoms with van der Waals surface area (Å²) in [5.74, 6) is 0.867. The number of benzene rings is 2. The van der Waals surface area contributed by atoms with E-state index in [1.807, 2.05) is 80.1 Å². The van der Waals surface area contributed by atoms with E-state index in [9.17, 15) is 4.79 Å². The molecule has 0 aliphatic carbocycles. The molecule has 2 aromatic carbocycles. The summed E-state index contributed by atoms with van der Waals surface area (Å²) in [6.45, 7) is 6.93. The number of aryl methyl sites for hydroxylation is 1. The highest BCUT2D eigenvalue weighted by Gasteiger charge is 2.19. The average molecular weight is 478 g/mol. The lowest BCUT2D eigenvalue weighted by Gasteiger charge is -2.17. The van der Waals surface area contributed by atoms with Gasteiger partial charge >= 0.3 is 0 Å². The molecule has 2 aromatic heterocycles. The number of tetrazole rings is 1. The molecular weight excluding hydrogens is 450 g/mol. The fourth-order valence-corrected chi connectivity index (χ4v) is 4.44. The molecule has 0 fully saturated rings. The highest BCUT2D eigenvalue weighted by molar-refractivity contribution is 7.99. The fraction of sp³-hybridized carbons (Fsp3) is 0.292. The molecule has 2 heterocycles. The summed E-state index contributed by atoms with van der Waals surface area (Å²) in [6, 6.07) is 17.5. The Kier molecular flexibility index (Phi) is 7.27. The van der Waals surface area contributed by atoms with Crippen molar-refractivity contribution in [1.82, 2.24) is 34.9 Å². The van der Waals surface area contributed by atoms with Crippen LogP contribution in [0.25, 0.3) is 11.4 Å². The van der Waals surface area contributed by atoms with Crippen LogP contribution >= 0.6 is 11.8 Å². The Morgan fingerprint density at radius 2 is 1.79 bits per heavy atom. The third-order valence-corrected chi connectivity index (χ3v) is 6.33. The molecule has 34 heavy (non-hydrogen) atoms. The van der Waals surface area contributed by atoms with Gasteiger partial charge in [0.15, 0.2) is 0 Å². The first-order valence-corrected chi connectivity index (χ1v) is 12.0. The number of hydrogen-bond donors (Lipinski definition) is 0. The highest BCUT2D eigenvalue weighted by Crippen LogP contribution is 2.26. The van der Waals surface area contributed by atoms with Crippen molar-refractivity contribution in [3.05, 3.63) is 71.5 Å². The van der Waals surface area contributed by atoms with Crippen LogP contribution in [0.2, 0.25) is 0 Å². The molecular formula is C24H27N7O2S. The number of ether oxygens (including phenoxy) is 1. The SMILES string of the molecule is CCOc1ccccc1-n1nnnc1SCC(=O)N(C)Cc1c(C)nn(-c2ccccc2)c1C. The van der Waals surface area contributed by atoms with E-state index in [0.29, 0.717) is 24.1 Å². The van der Waals surface area contributed by atoms with Crippen molar-refractivity contribution >= 4 is 17.7 Å². The van der Waals surface area contributed by atoms with Crippen molar-refractivity contribution < 1.29 is 9.53 Å². The molecule has 9 nitrogen and oxygen atoms in total. The van der Waals surface area contributed by atoms with Crippen LogP contribution in [0.5, 0.6) is 5.75 Å². The van der Waals surface area contributed by atoms with Crippen molar-refractivity contribution in [2.75, 3.05) is 19.4 Å². The zero-order valence-electron chi connectivity index (χ0n) is 19.7. The van der Waals surface area contributed by atoms with Crippen LogP contribution in [0.4, 0.5) is 0 Å². The van der Waals surface area contributed by atoms with Crippen molar-refractivity contribution in [3.8, 4) is 17.1 Å². The molecule has 0 aliphatic heterocycles. The van der Waals surface area contributed by atoms with Crippen LogP contribution < -0.4 is 4.74 Å². The van der Waals surface area contributed by atoms with Gasteiger partial charge in [0.1, 0.15) is 11.4 Å². The molecule has 4 rings (SSSR count). The lowest BCUT2D eigenvalue weighted by molar-refractivity contribution is -0.127. The largest absolute Gasteiger partial charge is 0.492 e. The van der Waals surface area contributed by atoms with E-state index < -0.39 is 0 Å². The first kappa shape index (κ1) is 23.5. The summed E-state index contributed by atoms with van der Waals surface area (Å²) in [4.78, 5) is 14.6. The molecule has 0 aliphatic rings. The van der Waals surface area contributed by atoms with Gasteiger partial charge < -0.3 is 9.64 Å². The molecule has 0 unspecified atom stereocenters. The minimum Gasteiger partial charge on any atom is -0.492 e. The van der Waals surface area contributed by atoms with Gasteiger partial charge in [-0.3, -0.25) is 4.79 Å². The van der Waals surface area contributed by atoms with Crippen LogP contribution in [-0.4, -0.2) is 60.2 Å². The predicted molar refractivity (Wildman–Crippen MR) is 131 cm³/mol. The van der Waals surface area contributed by atoms with Gasteiger partial charge in [-0.2, -0.15) is 9.78 Å². The highest BCUT2D eigenvalue weighted by atomic mass is 32.2. The van der Waals surface area contributed by atoms with E-state index in [-0.39, 0.29) is 11.7 Å². The van der Waals surface area contributed by atoms with Crippen LogP contribution in [0.1, 0.15) is 23.9 Å². The second kappa shape index (κ2) is 10.5. The molecule has 176 valence electrons. The minimum atomic E-state index is -0.0242. The van der Waals surface area contributed by atoms with Crippen LogP contribution in [0.15, 0.2) is 59.8 Å². The molecule has 1 amide bonds. The number of carbonyl (C=O) groups excluding carboxylic acids is 1. The normalized spacial score (nSPS) is 10.9. The molecule has 0 N–H and O–H groups in total. The summed E-state index contributed by atoms with van der Waals surface area (Å²) in [7, 11) is 1.80. The summed E-state index contributed by atoms with van der Waals surface area (Å²) >= 11 is 1.29. The van der Waals surface area contributed by atoms with Gasteiger partial charge in [0.25, 0.3) is 0 Å². The number of hydrogen-bond acceptors (Lipinski definition) is 7. The van der Waals surface area contributed by atoms with E-state index in [1.165, 1.54) is 11.8 Å². The molecule has 4 aromatic rings. The quantitative estimate of drug-likeness (QED) is 0.340. The number of carbonyl (C=O) groups is 1. The molecule has 0 bridgehead atoms. The van der Waals surface area contributed by atoms with Gasteiger partial charge in [0.2, 0.25) is 11.1 Å². The summed E-state index contributed by atoms with van der Waals surface area (Å²) in [6.07, 6.45) is 0. The third-order valence-electron chi connectivity index (χ3n) is 5.42. The summed E-state index contributed by atoms with van der Waals surface area (Å²) < 4.78 is 9.21. The summed E-state index contributed by atoms with van der Waals surface area (Å²) in [5, 5.41) is 17.2. The van der Waals surface area contributed by atoms with Gasteiger partial charge in [-0.15, -0.1) is 5.10 Å². The second-order valence-corrected chi connectivity index (χ2v) is 8.65. The van der Waals surface area contributed by atoms with Crippen LogP contribution in [-0.2, 0) is 11.3 Å². The van der Waals surface area contributed by atoms with E-state index in [0.717, 1.165) is 28.3 Å². The van der Waals surface area contributed by atoms with Crippen LogP contribution in [0, 0.1) is 13.8 Å². The number of rotatable bonds is 9. The monoisotopic (exact) mass is 477 g/mol. The zero-order chi connectivity index (χ0) is 24.1. The van der Waals surface area contributed by atoms with E-state index >= 15 is 0 Å². The lowest BCUT2D eigenvalue weighted by atomic mass is 10.2. The smallest absolute Gasteiger partial charge is 0.233 e. The molecule has 0 saturated heterocycles. The van der Waals surface area contributed by atoms with E-state index in [1.54, 1.807) is 16.6 Å². The first-order valence-electron chi connectivity index (χ1n) is 11.0. The summed E-state index contributed by atoms with van der Waals surface area (Å²) in [5.41, 5.74) is 4.70. The maximum atomic E-state index is 12.9. The lowest BCUT2D eigenvalue weighted by Crippen LogP contribution is -2.28. The van der Waals surface area contributed by atoms with Gasteiger partial charge in [-0.1, -0.05) is 42.1 Å². The molecule has 0 spiro atoms. The van der Waals surface area contributed by atoms with Gasteiger partial charge in [0, 0.05) is 24.8 Å². The third kappa shape index (κ3) is 4.96. The fourth-order valence-electron chi connectivity index (χ4n) is 3.62. The molecule has 0 atom stereocenters. The Balaban J connectivity index is 1.44. The predicted octanol–water partition coefficient (Wildman–Crippen LogP) is 3.61. The Morgan fingerprint density at radius 3 is 2.56 bits per heavy atom. The Morgan fingerprint density at radius 1 is 1.06 bits per heavy atom. The standard InChI is InChI=1S/C24H27N7O2S/c1-5-33-22-14-10-9-13-21(22)31-24(25-27-28-31)34-16-23(32)29(4)15-20-17(2)26-30(18(20)3)19-11-7-6-8-12-19/h6-14H,5,15-16H2,1-4H3. The molecule has 10 heteroatoms. The maximum absolute atomic E-state index is 12.9.